The average Bonchev–Trinajstić information content (AvgIpc) is 3.34. The van der Waals surface area contributed by atoms with Crippen molar-refractivity contribution < 1.29 is 32.9 Å². The van der Waals surface area contributed by atoms with Crippen molar-refractivity contribution in [3.05, 3.63) is 24.3 Å². The number of carbonyl (C=O) groups is 1. The molecule has 3 atom stereocenters. The molecular weight excluding hydrogens is 912 g/mol. The number of allylic oxidation sites excluding steroid dienone is 4. The third kappa shape index (κ3) is 56.7. The summed E-state index contributed by atoms with van der Waals surface area (Å²) >= 11 is 0. The van der Waals surface area contributed by atoms with E-state index in [4.69, 9.17) is 9.05 Å². The van der Waals surface area contributed by atoms with Crippen molar-refractivity contribution in [2.75, 3.05) is 40.9 Å². The predicted octanol–water partition coefficient (Wildman–Crippen LogP) is 19.5. The number of aliphatic hydroxyl groups excluding tert-OH is 1. The molecule has 3 N–H and O–H groups in total. The summed E-state index contributed by atoms with van der Waals surface area (Å²) in [6.45, 7) is 4.92. The molecule has 1 amide bonds. The number of hydrogen-bond acceptors (Lipinski definition) is 5. The minimum atomic E-state index is -4.32. The lowest BCUT2D eigenvalue weighted by Crippen LogP contribution is -2.46. The van der Waals surface area contributed by atoms with Crippen molar-refractivity contribution >= 4 is 13.7 Å². The third-order valence-corrected chi connectivity index (χ3v) is 15.7. The lowest BCUT2D eigenvalue weighted by Gasteiger charge is -2.26. The van der Waals surface area contributed by atoms with Gasteiger partial charge in [-0.15, -0.1) is 0 Å². The molecule has 0 aliphatic carbocycles. The summed E-state index contributed by atoms with van der Waals surface area (Å²) in [5, 5.41) is 14.1. The van der Waals surface area contributed by atoms with Crippen LogP contribution in [0.5, 0.6) is 0 Å². The van der Waals surface area contributed by atoms with E-state index in [9.17, 15) is 19.4 Å². The number of amides is 1. The molecule has 428 valence electrons. The average molecular weight is 1040 g/mol. The fourth-order valence-corrected chi connectivity index (χ4v) is 10.5. The summed E-state index contributed by atoms with van der Waals surface area (Å²) in [6, 6.07) is -0.758. The smallest absolute Gasteiger partial charge is 0.391 e. The number of phosphoric ester groups is 1. The Morgan fingerprint density at radius 1 is 0.472 bits per heavy atom. The molecule has 0 heterocycles. The zero-order valence-corrected chi connectivity index (χ0v) is 49.8. The van der Waals surface area contributed by atoms with Crippen molar-refractivity contribution in [3.8, 4) is 0 Å². The van der Waals surface area contributed by atoms with Crippen LogP contribution in [0.3, 0.4) is 0 Å². The number of likely N-dealkylation sites (N-methyl/N-ethyl adjacent to an activating group) is 1. The summed E-state index contributed by atoms with van der Waals surface area (Å²) in [5.74, 6) is -0.137. The van der Waals surface area contributed by atoms with Crippen LogP contribution in [0, 0.1) is 0 Å². The van der Waals surface area contributed by atoms with Crippen LogP contribution in [-0.2, 0) is 18.4 Å². The van der Waals surface area contributed by atoms with Crippen LogP contribution < -0.4 is 5.32 Å². The number of phosphoric acid groups is 1. The summed E-state index contributed by atoms with van der Waals surface area (Å²) in [5.41, 5.74) is 0. The molecule has 0 aliphatic heterocycles. The molecule has 0 bridgehead atoms. The van der Waals surface area contributed by atoms with Gasteiger partial charge in [-0.2, -0.15) is 0 Å². The first kappa shape index (κ1) is 71.0. The Labute approximate surface area is 449 Å². The first-order valence-corrected chi connectivity index (χ1v) is 33.2. The molecule has 0 fully saturated rings. The maximum Gasteiger partial charge on any atom is 0.472 e. The Balaban J connectivity index is 3.98. The molecule has 0 saturated heterocycles. The number of unbranched alkanes of at least 4 members (excludes halogenated alkanes) is 42. The topological polar surface area (TPSA) is 105 Å². The fraction of sp³-hybridized carbons (Fsp3) is 0.921. The van der Waals surface area contributed by atoms with Gasteiger partial charge in [0, 0.05) is 6.42 Å². The molecule has 3 unspecified atom stereocenters. The maximum atomic E-state index is 13.0. The molecule has 0 aromatic rings. The third-order valence-electron chi connectivity index (χ3n) is 14.7. The monoisotopic (exact) mass is 1040 g/mol. The first-order chi connectivity index (χ1) is 35.0. The van der Waals surface area contributed by atoms with E-state index in [0.717, 1.165) is 44.9 Å². The highest BCUT2D eigenvalue weighted by Crippen LogP contribution is 2.43. The molecular formula is C63H126N2O6P+. The quantitative estimate of drug-likeness (QED) is 0.0243. The van der Waals surface area contributed by atoms with Crippen molar-refractivity contribution in [2.24, 2.45) is 0 Å². The number of rotatable bonds is 59. The van der Waals surface area contributed by atoms with E-state index in [2.05, 4.69) is 43.5 Å². The molecule has 9 heteroatoms. The normalized spacial score (nSPS) is 13.9. The van der Waals surface area contributed by atoms with Crippen LogP contribution in [0.4, 0.5) is 0 Å². The van der Waals surface area contributed by atoms with Gasteiger partial charge < -0.3 is 19.8 Å². The summed E-state index contributed by atoms with van der Waals surface area (Å²) in [4.78, 5) is 23.4. The zero-order chi connectivity index (χ0) is 52.7. The van der Waals surface area contributed by atoms with Gasteiger partial charge in [-0.25, -0.2) is 4.57 Å². The van der Waals surface area contributed by atoms with E-state index < -0.39 is 20.0 Å². The van der Waals surface area contributed by atoms with Gasteiger partial charge in [0.1, 0.15) is 13.2 Å². The fourth-order valence-electron chi connectivity index (χ4n) is 9.73. The van der Waals surface area contributed by atoms with Crippen LogP contribution in [0.2, 0.25) is 0 Å². The maximum absolute atomic E-state index is 13.0. The molecule has 0 aliphatic rings. The summed E-state index contributed by atoms with van der Waals surface area (Å²) < 4.78 is 23.8. The van der Waals surface area contributed by atoms with Gasteiger partial charge in [-0.3, -0.25) is 13.8 Å². The molecule has 0 radical (unpaired) electrons. The van der Waals surface area contributed by atoms with Crippen molar-refractivity contribution in [1.29, 1.82) is 0 Å². The van der Waals surface area contributed by atoms with Crippen LogP contribution >= 0.6 is 7.82 Å². The number of nitrogens with zero attached hydrogens (tertiary/aromatic N) is 1. The Morgan fingerprint density at radius 3 is 1.14 bits per heavy atom. The number of aliphatic hydroxyl groups is 1. The van der Waals surface area contributed by atoms with Crippen LogP contribution in [-0.4, -0.2) is 73.4 Å². The van der Waals surface area contributed by atoms with Crippen LogP contribution in [0.25, 0.3) is 0 Å². The lowest BCUT2D eigenvalue weighted by molar-refractivity contribution is -0.870. The molecule has 0 saturated carbocycles. The SMILES string of the molecule is CCCCCCC/C=C\C/C=C\CCCCCCCCCCCCCCCCCCCCCCCC(=O)NC(COP(=O)(O)OCC[N+](C)(C)C)C(O)CCCCCCCCCCCCCCCCCCC. The van der Waals surface area contributed by atoms with E-state index in [1.54, 1.807) is 0 Å². The Hall–Kier alpha value is -1.02. The van der Waals surface area contributed by atoms with Crippen molar-refractivity contribution in [1.82, 2.24) is 5.32 Å². The number of nitrogens with one attached hydrogen (secondary N) is 1. The lowest BCUT2D eigenvalue weighted by atomic mass is 10.0. The zero-order valence-electron chi connectivity index (χ0n) is 48.9. The van der Waals surface area contributed by atoms with Crippen LogP contribution in [0.15, 0.2) is 24.3 Å². The Morgan fingerprint density at radius 2 is 0.792 bits per heavy atom. The molecule has 0 spiro atoms. The van der Waals surface area contributed by atoms with Crippen LogP contribution in [0.1, 0.15) is 322 Å². The van der Waals surface area contributed by atoms with E-state index >= 15 is 0 Å². The molecule has 72 heavy (non-hydrogen) atoms. The molecule has 0 aromatic carbocycles. The van der Waals surface area contributed by atoms with Gasteiger partial charge in [0.25, 0.3) is 0 Å². The summed E-state index contributed by atoms with van der Waals surface area (Å²) in [7, 11) is 1.63. The van der Waals surface area contributed by atoms with Gasteiger partial charge in [0.15, 0.2) is 0 Å². The highest BCUT2D eigenvalue weighted by atomic mass is 31.2. The molecule has 0 rings (SSSR count). The second kappa shape index (κ2) is 54.8. The van der Waals surface area contributed by atoms with Crippen molar-refractivity contribution in [2.45, 2.75) is 334 Å². The standard InChI is InChI=1S/C63H125N2O6P/c1-6-8-10-12-14-16-18-20-22-24-25-26-27-28-29-30-31-32-33-34-35-36-37-38-39-41-43-45-47-49-51-53-55-57-63(67)64-61(60-71-72(68,69)70-59-58-65(3,4)5)62(66)56-54-52-50-48-46-44-42-40-23-21-19-17-15-13-11-9-7-2/h18,20,24-25,61-62,66H,6-17,19,21-23,26-60H2,1-5H3,(H-,64,67,68,69)/p+1/b20-18-,25-24-. The van der Waals surface area contributed by atoms with E-state index in [0.29, 0.717) is 23.9 Å². The van der Waals surface area contributed by atoms with Gasteiger partial charge in [-0.05, 0) is 44.9 Å². The number of quaternary nitrogens is 1. The Bertz CT molecular complexity index is 1220. The van der Waals surface area contributed by atoms with E-state index in [1.165, 1.54) is 250 Å². The van der Waals surface area contributed by atoms with Gasteiger partial charge in [0.2, 0.25) is 5.91 Å². The minimum Gasteiger partial charge on any atom is -0.391 e. The van der Waals surface area contributed by atoms with Gasteiger partial charge >= 0.3 is 7.82 Å². The summed E-state index contributed by atoms with van der Waals surface area (Å²) in [6.07, 6.45) is 69.7. The molecule has 8 nitrogen and oxygen atoms in total. The highest BCUT2D eigenvalue weighted by molar-refractivity contribution is 7.47. The minimum absolute atomic E-state index is 0.0775. The van der Waals surface area contributed by atoms with Gasteiger partial charge in [0.05, 0.1) is 39.9 Å². The van der Waals surface area contributed by atoms with Crippen molar-refractivity contribution in [3.63, 3.8) is 0 Å². The number of hydrogen-bond donors (Lipinski definition) is 3. The second-order valence-corrected chi connectivity index (χ2v) is 24.6. The van der Waals surface area contributed by atoms with E-state index in [1.807, 2.05) is 21.1 Å². The Kier molecular flexibility index (Phi) is 54.0. The van der Waals surface area contributed by atoms with Gasteiger partial charge in [-0.1, -0.05) is 295 Å². The predicted molar refractivity (Wildman–Crippen MR) is 314 cm³/mol. The highest BCUT2D eigenvalue weighted by Gasteiger charge is 2.28. The molecule has 0 aromatic heterocycles. The van der Waals surface area contributed by atoms with E-state index in [-0.39, 0.29) is 19.1 Å². The second-order valence-electron chi connectivity index (χ2n) is 23.1. The number of carbonyl (C=O) groups excluding carboxylic acids is 1. The largest absolute Gasteiger partial charge is 0.472 e. The first-order valence-electron chi connectivity index (χ1n) is 31.7.